The van der Waals surface area contributed by atoms with Crippen LogP contribution in [0.15, 0.2) is 60.7 Å². The Labute approximate surface area is 129 Å². The van der Waals surface area contributed by atoms with Gasteiger partial charge in [-0.25, -0.2) is 0 Å². The molecule has 0 bridgehead atoms. The zero-order chi connectivity index (χ0) is 15.9. The lowest BCUT2D eigenvalue weighted by molar-refractivity contribution is -0.114. The maximum absolute atomic E-state index is 11.8. The Kier molecular flexibility index (Phi) is 5.09. The molecule has 0 saturated carbocycles. The third-order valence-corrected chi connectivity index (χ3v) is 2.96. The van der Waals surface area contributed by atoms with E-state index in [2.05, 4.69) is 10.6 Å². The molecule has 0 atom stereocenters. The standard InChI is InChI=1S/C18H18N2O2/c1-13-5-3-7-15(11-13)19-17(21)9-10-18(22)20-16-8-4-6-14(2)12-16/h3-12H,1-2H3,(H,19,21)(H,20,22)/b10-9-. The molecule has 4 nitrogen and oxygen atoms in total. The minimum Gasteiger partial charge on any atom is -0.323 e. The van der Waals surface area contributed by atoms with E-state index in [9.17, 15) is 9.59 Å². The molecule has 2 aromatic carbocycles. The van der Waals surface area contributed by atoms with Crippen LogP contribution in [0.4, 0.5) is 11.4 Å². The molecule has 0 aliphatic rings. The van der Waals surface area contributed by atoms with E-state index in [1.807, 2.05) is 50.2 Å². The van der Waals surface area contributed by atoms with Crippen LogP contribution in [-0.2, 0) is 9.59 Å². The molecule has 0 heterocycles. The molecule has 2 rings (SSSR count). The van der Waals surface area contributed by atoms with Crippen LogP contribution in [-0.4, -0.2) is 11.8 Å². The van der Waals surface area contributed by atoms with E-state index in [-0.39, 0.29) is 11.8 Å². The number of carbonyl (C=O) groups excluding carboxylic acids is 2. The van der Waals surface area contributed by atoms with Crippen LogP contribution in [0, 0.1) is 13.8 Å². The van der Waals surface area contributed by atoms with Crippen LogP contribution < -0.4 is 10.6 Å². The summed E-state index contributed by atoms with van der Waals surface area (Å²) in [6.07, 6.45) is 2.43. The molecule has 0 radical (unpaired) electrons. The van der Waals surface area contributed by atoms with Gasteiger partial charge in [-0.3, -0.25) is 9.59 Å². The van der Waals surface area contributed by atoms with Crippen molar-refractivity contribution >= 4 is 23.2 Å². The van der Waals surface area contributed by atoms with Crippen molar-refractivity contribution in [1.82, 2.24) is 0 Å². The summed E-state index contributed by atoms with van der Waals surface area (Å²) in [4.78, 5) is 23.5. The average molecular weight is 294 g/mol. The molecule has 22 heavy (non-hydrogen) atoms. The number of hydrogen-bond donors (Lipinski definition) is 2. The summed E-state index contributed by atoms with van der Waals surface area (Å²) >= 11 is 0. The fourth-order valence-corrected chi connectivity index (χ4v) is 1.96. The molecule has 112 valence electrons. The van der Waals surface area contributed by atoms with Gasteiger partial charge in [-0.15, -0.1) is 0 Å². The second kappa shape index (κ2) is 7.22. The Morgan fingerprint density at radius 3 is 1.55 bits per heavy atom. The number of aryl methyl sites for hydroxylation is 2. The maximum Gasteiger partial charge on any atom is 0.248 e. The lowest BCUT2D eigenvalue weighted by Gasteiger charge is -2.04. The molecule has 0 spiro atoms. The summed E-state index contributed by atoms with van der Waals surface area (Å²) in [7, 11) is 0. The first kappa shape index (κ1) is 15.5. The Balaban J connectivity index is 1.90. The fraction of sp³-hybridized carbons (Fsp3) is 0.111. The summed E-state index contributed by atoms with van der Waals surface area (Å²) in [5, 5.41) is 5.41. The number of amides is 2. The monoisotopic (exact) mass is 294 g/mol. The minimum atomic E-state index is -0.343. The molecule has 0 fully saturated rings. The largest absolute Gasteiger partial charge is 0.323 e. The molecule has 2 aromatic rings. The third kappa shape index (κ3) is 4.90. The van der Waals surface area contributed by atoms with Crippen LogP contribution >= 0.6 is 0 Å². The molecule has 2 amide bonds. The van der Waals surface area contributed by atoms with Gasteiger partial charge in [0.05, 0.1) is 0 Å². The van der Waals surface area contributed by atoms with Crippen LogP contribution in [0.25, 0.3) is 0 Å². The van der Waals surface area contributed by atoms with Crippen molar-refractivity contribution in [3.8, 4) is 0 Å². The zero-order valence-electron chi connectivity index (χ0n) is 12.6. The van der Waals surface area contributed by atoms with Gasteiger partial charge >= 0.3 is 0 Å². The van der Waals surface area contributed by atoms with Gasteiger partial charge < -0.3 is 10.6 Å². The number of rotatable bonds is 4. The molecule has 4 heteroatoms. The Hall–Kier alpha value is -2.88. The Bertz CT molecular complexity index is 659. The van der Waals surface area contributed by atoms with Crippen LogP contribution in [0.5, 0.6) is 0 Å². The Morgan fingerprint density at radius 2 is 1.18 bits per heavy atom. The van der Waals surface area contributed by atoms with Crippen molar-refractivity contribution in [1.29, 1.82) is 0 Å². The number of nitrogens with one attached hydrogen (secondary N) is 2. The van der Waals surface area contributed by atoms with E-state index in [1.54, 1.807) is 12.1 Å². The van der Waals surface area contributed by atoms with E-state index < -0.39 is 0 Å². The van der Waals surface area contributed by atoms with E-state index in [4.69, 9.17) is 0 Å². The lowest BCUT2D eigenvalue weighted by atomic mass is 10.2. The number of hydrogen-bond acceptors (Lipinski definition) is 2. The third-order valence-electron chi connectivity index (χ3n) is 2.96. The lowest BCUT2D eigenvalue weighted by Crippen LogP contribution is -2.12. The van der Waals surface area contributed by atoms with Crippen molar-refractivity contribution in [2.24, 2.45) is 0 Å². The van der Waals surface area contributed by atoms with Crippen LogP contribution in [0.1, 0.15) is 11.1 Å². The molecular weight excluding hydrogens is 276 g/mol. The predicted molar refractivity (Wildman–Crippen MR) is 88.8 cm³/mol. The van der Waals surface area contributed by atoms with Gasteiger partial charge in [-0.1, -0.05) is 24.3 Å². The first-order chi connectivity index (χ1) is 10.5. The van der Waals surface area contributed by atoms with Crippen molar-refractivity contribution < 1.29 is 9.59 Å². The first-order valence-electron chi connectivity index (χ1n) is 6.96. The highest BCUT2D eigenvalue weighted by atomic mass is 16.2. The second-order valence-corrected chi connectivity index (χ2v) is 5.05. The summed E-state index contributed by atoms with van der Waals surface area (Å²) in [5.74, 6) is -0.685. The van der Waals surface area contributed by atoms with Gasteiger partial charge in [0.15, 0.2) is 0 Å². The van der Waals surface area contributed by atoms with Gasteiger partial charge in [-0.05, 0) is 49.2 Å². The predicted octanol–water partition coefficient (Wildman–Crippen LogP) is 3.44. The molecule has 0 saturated heterocycles. The second-order valence-electron chi connectivity index (χ2n) is 5.05. The molecule has 0 aromatic heterocycles. The summed E-state index contributed by atoms with van der Waals surface area (Å²) in [5.41, 5.74) is 3.51. The topological polar surface area (TPSA) is 58.2 Å². The Morgan fingerprint density at radius 1 is 0.773 bits per heavy atom. The number of carbonyl (C=O) groups is 2. The van der Waals surface area contributed by atoms with Crippen LogP contribution in [0.2, 0.25) is 0 Å². The summed E-state index contributed by atoms with van der Waals surface area (Å²) in [6, 6.07) is 14.9. The molecule has 0 aliphatic heterocycles. The number of benzene rings is 2. The minimum absolute atomic E-state index is 0.343. The fourth-order valence-electron chi connectivity index (χ4n) is 1.96. The van der Waals surface area contributed by atoms with Crippen LogP contribution in [0.3, 0.4) is 0 Å². The average Bonchev–Trinajstić information content (AvgIpc) is 2.45. The first-order valence-corrected chi connectivity index (χ1v) is 6.96. The van der Waals surface area contributed by atoms with E-state index in [1.165, 1.54) is 12.2 Å². The van der Waals surface area contributed by atoms with Crippen molar-refractivity contribution in [3.05, 3.63) is 71.8 Å². The van der Waals surface area contributed by atoms with Gasteiger partial charge in [-0.2, -0.15) is 0 Å². The highest BCUT2D eigenvalue weighted by Gasteiger charge is 2.01. The van der Waals surface area contributed by atoms with Gasteiger partial charge in [0.2, 0.25) is 11.8 Å². The SMILES string of the molecule is Cc1cccc(NC(=O)/C=C\C(=O)Nc2cccc(C)c2)c1. The van der Waals surface area contributed by atoms with Crippen molar-refractivity contribution in [2.75, 3.05) is 10.6 Å². The normalized spacial score (nSPS) is 10.5. The summed E-state index contributed by atoms with van der Waals surface area (Å²) < 4.78 is 0. The highest BCUT2D eigenvalue weighted by Crippen LogP contribution is 2.10. The van der Waals surface area contributed by atoms with E-state index in [0.717, 1.165) is 11.1 Å². The molecule has 2 N–H and O–H groups in total. The molecular formula is C18H18N2O2. The van der Waals surface area contributed by atoms with Crippen molar-refractivity contribution in [3.63, 3.8) is 0 Å². The number of anilines is 2. The smallest absolute Gasteiger partial charge is 0.248 e. The van der Waals surface area contributed by atoms with E-state index >= 15 is 0 Å². The van der Waals surface area contributed by atoms with Gasteiger partial charge in [0.1, 0.15) is 0 Å². The van der Waals surface area contributed by atoms with Crippen molar-refractivity contribution in [2.45, 2.75) is 13.8 Å². The quantitative estimate of drug-likeness (QED) is 0.849. The zero-order valence-corrected chi connectivity index (χ0v) is 12.6. The molecule has 0 aliphatic carbocycles. The molecule has 0 unspecified atom stereocenters. The maximum atomic E-state index is 11.8. The van der Waals surface area contributed by atoms with E-state index in [0.29, 0.717) is 11.4 Å². The highest BCUT2D eigenvalue weighted by molar-refractivity contribution is 6.06. The van der Waals surface area contributed by atoms with Gasteiger partial charge in [0, 0.05) is 23.5 Å². The summed E-state index contributed by atoms with van der Waals surface area (Å²) in [6.45, 7) is 3.89. The van der Waals surface area contributed by atoms with Gasteiger partial charge in [0.25, 0.3) is 0 Å².